The minimum Gasteiger partial charge on any atom is -0.208 e. The Morgan fingerprint density at radius 2 is 1.89 bits per heavy atom. The van der Waals surface area contributed by atoms with Crippen molar-refractivity contribution in [2.45, 2.75) is 36.6 Å². The van der Waals surface area contributed by atoms with Crippen LogP contribution in [0.3, 0.4) is 0 Å². The summed E-state index contributed by atoms with van der Waals surface area (Å²) >= 11 is 11.9. The lowest BCUT2D eigenvalue weighted by Gasteiger charge is -2.30. The molecule has 19 heavy (non-hydrogen) atoms. The average Bonchev–Trinajstić information content (AvgIpc) is 2.39. The topological polar surface area (TPSA) is 46.2 Å². The fourth-order valence-electron chi connectivity index (χ4n) is 2.47. The molecule has 0 heterocycles. The van der Waals surface area contributed by atoms with Gasteiger partial charge in [-0.25, -0.2) is 13.1 Å². The molecule has 0 radical (unpaired) electrons. The summed E-state index contributed by atoms with van der Waals surface area (Å²) in [5, 5.41) is 0.244. The second kappa shape index (κ2) is 6.44. The van der Waals surface area contributed by atoms with Gasteiger partial charge in [0.2, 0.25) is 10.0 Å². The van der Waals surface area contributed by atoms with Crippen LogP contribution >= 0.6 is 23.2 Å². The Morgan fingerprint density at radius 1 is 1.21 bits per heavy atom. The number of alkyl halides is 1. The number of rotatable bonds is 4. The Hall–Kier alpha value is -0.290. The molecule has 1 aliphatic rings. The molecular formula is C13H17Cl2NO2S. The number of benzene rings is 1. The predicted octanol–water partition coefficient (Wildman–Crippen LogP) is 3.42. The van der Waals surface area contributed by atoms with E-state index in [2.05, 4.69) is 4.72 Å². The van der Waals surface area contributed by atoms with Crippen molar-refractivity contribution in [3.05, 3.63) is 29.3 Å². The highest BCUT2D eigenvalue weighted by atomic mass is 35.5. The van der Waals surface area contributed by atoms with Gasteiger partial charge in [0.05, 0.1) is 5.02 Å². The second-order valence-corrected chi connectivity index (χ2v) is 7.26. The van der Waals surface area contributed by atoms with E-state index in [1.165, 1.54) is 6.07 Å². The average molecular weight is 322 g/mol. The monoisotopic (exact) mass is 321 g/mol. The first-order valence-corrected chi connectivity index (χ1v) is 8.77. The molecule has 0 amide bonds. The van der Waals surface area contributed by atoms with Crippen LogP contribution in [0.5, 0.6) is 0 Å². The lowest BCUT2D eigenvalue weighted by molar-refractivity contribution is 0.314. The third-order valence-electron chi connectivity index (χ3n) is 3.54. The molecule has 1 aromatic rings. The summed E-state index contributed by atoms with van der Waals surface area (Å²) in [6.07, 6.45) is 3.95. The number of hydrogen-bond acceptors (Lipinski definition) is 2. The van der Waals surface area contributed by atoms with Crippen LogP contribution in [0.2, 0.25) is 5.02 Å². The number of nitrogens with one attached hydrogen (secondary N) is 1. The molecule has 1 aromatic carbocycles. The fourth-order valence-corrected chi connectivity index (χ4v) is 4.70. The molecule has 1 N–H and O–H groups in total. The van der Waals surface area contributed by atoms with Crippen molar-refractivity contribution in [1.29, 1.82) is 0 Å². The normalized spacial score (nSPS) is 24.3. The van der Waals surface area contributed by atoms with Gasteiger partial charge in [0.25, 0.3) is 0 Å². The molecule has 2 unspecified atom stereocenters. The molecule has 0 saturated heterocycles. The summed E-state index contributed by atoms with van der Waals surface area (Å²) in [6.45, 7) is 0. The Labute approximate surface area is 124 Å². The summed E-state index contributed by atoms with van der Waals surface area (Å²) in [5.41, 5.74) is 0. The maximum absolute atomic E-state index is 12.3. The van der Waals surface area contributed by atoms with E-state index < -0.39 is 10.0 Å². The van der Waals surface area contributed by atoms with Crippen LogP contribution in [0.1, 0.15) is 25.7 Å². The predicted molar refractivity (Wildman–Crippen MR) is 78.2 cm³/mol. The summed E-state index contributed by atoms with van der Waals surface area (Å²) in [4.78, 5) is 0.135. The molecule has 0 bridgehead atoms. The summed E-state index contributed by atoms with van der Waals surface area (Å²) in [7, 11) is -3.57. The van der Waals surface area contributed by atoms with Gasteiger partial charge in [0, 0.05) is 11.9 Å². The Kier molecular flexibility index (Phi) is 5.12. The van der Waals surface area contributed by atoms with E-state index in [0.717, 1.165) is 25.7 Å². The molecule has 0 spiro atoms. The molecule has 1 aliphatic carbocycles. The number of hydrogen-bond donors (Lipinski definition) is 1. The van der Waals surface area contributed by atoms with E-state index in [9.17, 15) is 8.42 Å². The quantitative estimate of drug-likeness (QED) is 0.864. The third-order valence-corrected chi connectivity index (χ3v) is 5.93. The molecule has 106 valence electrons. The SMILES string of the molecule is O=S(=O)(NC1CCCCC1CCl)c1ccccc1Cl. The molecular weight excluding hydrogens is 305 g/mol. The second-order valence-electron chi connectivity index (χ2n) is 4.86. The molecule has 0 aliphatic heterocycles. The van der Waals surface area contributed by atoms with Crippen LogP contribution in [-0.2, 0) is 10.0 Å². The highest BCUT2D eigenvalue weighted by Gasteiger charge is 2.29. The van der Waals surface area contributed by atoms with Gasteiger partial charge in [0.1, 0.15) is 4.90 Å². The first-order chi connectivity index (χ1) is 9.04. The molecule has 1 fully saturated rings. The minimum atomic E-state index is -3.57. The van der Waals surface area contributed by atoms with Gasteiger partial charge in [-0.05, 0) is 30.9 Å². The molecule has 1 saturated carbocycles. The highest BCUT2D eigenvalue weighted by Crippen LogP contribution is 2.28. The van der Waals surface area contributed by atoms with Gasteiger partial charge in [0.15, 0.2) is 0 Å². The van der Waals surface area contributed by atoms with Gasteiger partial charge in [-0.15, -0.1) is 11.6 Å². The van der Waals surface area contributed by atoms with Crippen LogP contribution in [-0.4, -0.2) is 20.3 Å². The number of sulfonamides is 1. The third kappa shape index (κ3) is 3.63. The van der Waals surface area contributed by atoms with E-state index in [1.54, 1.807) is 18.2 Å². The lowest BCUT2D eigenvalue weighted by Crippen LogP contribution is -2.42. The Bertz CT molecular complexity index is 533. The molecule has 2 rings (SSSR count). The van der Waals surface area contributed by atoms with Crippen molar-refractivity contribution < 1.29 is 8.42 Å². The maximum atomic E-state index is 12.3. The molecule has 2 atom stereocenters. The van der Waals surface area contributed by atoms with Crippen molar-refractivity contribution >= 4 is 33.2 Å². The summed E-state index contributed by atoms with van der Waals surface area (Å²) < 4.78 is 27.4. The van der Waals surface area contributed by atoms with Crippen LogP contribution < -0.4 is 4.72 Å². The standard InChI is InChI=1S/C13H17Cl2NO2S/c14-9-10-5-1-3-7-12(10)16-19(17,18)13-8-4-2-6-11(13)15/h2,4,6,8,10,12,16H,1,3,5,7,9H2. The van der Waals surface area contributed by atoms with Crippen molar-refractivity contribution in [1.82, 2.24) is 4.72 Å². The zero-order valence-corrected chi connectivity index (χ0v) is 12.8. The van der Waals surface area contributed by atoms with Gasteiger partial charge >= 0.3 is 0 Å². The zero-order valence-electron chi connectivity index (χ0n) is 10.5. The smallest absolute Gasteiger partial charge is 0.208 e. The van der Waals surface area contributed by atoms with Gasteiger partial charge in [-0.2, -0.15) is 0 Å². The van der Waals surface area contributed by atoms with Gasteiger partial charge < -0.3 is 0 Å². The highest BCUT2D eigenvalue weighted by molar-refractivity contribution is 7.89. The van der Waals surface area contributed by atoms with Crippen molar-refractivity contribution in [2.75, 3.05) is 5.88 Å². The van der Waals surface area contributed by atoms with E-state index >= 15 is 0 Å². The maximum Gasteiger partial charge on any atom is 0.242 e. The first-order valence-electron chi connectivity index (χ1n) is 6.37. The van der Waals surface area contributed by atoms with Gasteiger partial charge in [-0.3, -0.25) is 0 Å². The van der Waals surface area contributed by atoms with Crippen LogP contribution in [0, 0.1) is 5.92 Å². The zero-order chi connectivity index (χ0) is 13.9. The van der Waals surface area contributed by atoms with Crippen LogP contribution in [0.4, 0.5) is 0 Å². The van der Waals surface area contributed by atoms with Crippen molar-refractivity contribution in [3.8, 4) is 0 Å². The van der Waals surface area contributed by atoms with Crippen molar-refractivity contribution in [2.24, 2.45) is 5.92 Å². The van der Waals surface area contributed by atoms with Crippen LogP contribution in [0.15, 0.2) is 29.2 Å². The Morgan fingerprint density at radius 3 is 2.58 bits per heavy atom. The first kappa shape index (κ1) is 15.1. The molecule has 0 aromatic heterocycles. The van der Waals surface area contributed by atoms with E-state index in [1.807, 2.05) is 0 Å². The summed E-state index contributed by atoms with van der Waals surface area (Å²) in [6, 6.07) is 6.39. The lowest BCUT2D eigenvalue weighted by atomic mass is 9.86. The molecule has 6 heteroatoms. The van der Waals surface area contributed by atoms with E-state index in [-0.39, 0.29) is 21.9 Å². The van der Waals surface area contributed by atoms with E-state index in [0.29, 0.717) is 5.88 Å². The largest absolute Gasteiger partial charge is 0.242 e. The molecule has 3 nitrogen and oxygen atoms in total. The van der Waals surface area contributed by atoms with Gasteiger partial charge in [-0.1, -0.05) is 36.6 Å². The fraction of sp³-hybridized carbons (Fsp3) is 0.538. The van der Waals surface area contributed by atoms with Crippen LogP contribution in [0.25, 0.3) is 0 Å². The summed E-state index contributed by atoms with van der Waals surface area (Å²) in [5.74, 6) is 0.683. The number of halogens is 2. The minimum absolute atomic E-state index is 0.0903. The Balaban J connectivity index is 2.19. The van der Waals surface area contributed by atoms with Crippen molar-refractivity contribution in [3.63, 3.8) is 0 Å². The van der Waals surface area contributed by atoms with E-state index in [4.69, 9.17) is 23.2 Å².